The van der Waals surface area contributed by atoms with Gasteiger partial charge in [-0.3, -0.25) is 4.79 Å². The van der Waals surface area contributed by atoms with E-state index in [4.69, 9.17) is 11.6 Å². The summed E-state index contributed by atoms with van der Waals surface area (Å²) in [6.07, 6.45) is 8.05. The molecule has 1 saturated carbocycles. The van der Waals surface area contributed by atoms with Gasteiger partial charge in [0, 0.05) is 37.7 Å². The van der Waals surface area contributed by atoms with Gasteiger partial charge in [0.1, 0.15) is 5.75 Å². The number of carbonyl (C=O) groups excluding carboxylic acids is 1. The third-order valence-corrected chi connectivity index (χ3v) is 8.31. The van der Waals surface area contributed by atoms with Crippen molar-refractivity contribution in [3.63, 3.8) is 0 Å². The zero-order valence-electron chi connectivity index (χ0n) is 19.1. The molecule has 1 amide bonds. The molecular formula is C27H33ClN2O2. The number of carbonyl (C=O) groups is 1. The number of aryl methyl sites for hydroxylation is 1. The molecule has 1 heterocycles. The standard InChI is InChI=1S/C27H33ClN2O2/c1-17(31)30(16-18-5-3-4-6-18)21-8-9-22-19(13-21)7-10-25-27(22)23-15-26(32)24(28)14-20(23)11-12-29(25)2/h8-9,13-15,18,25,27,32H,3-7,10-12,16H2,1-2H3/t25-,27+/m0/s1. The number of benzene rings is 2. The van der Waals surface area contributed by atoms with Crippen molar-refractivity contribution in [2.24, 2.45) is 5.92 Å². The molecule has 5 rings (SSSR count). The first-order valence-corrected chi connectivity index (χ1v) is 12.4. The molecule has 2 atom stereocenters. The highest BCUT2D eigenvalue weighted by Gasteiger charge is 2.37. The largest absolute Gasteiger partial charge is 0.506 e. The van der Waals surface area contributed by atoms with Crippen LogP contribution in [0.3, 0.4) is 0 Å². The molecule has 0 saturated heterocycles. The molecule has 170 valence electrons. The van der Waals surface area contributed by atoms with E-state index in [9.17, 15) is 9.90 Å². The molecule has 2 aliphatic carbocycles. The number of rotatable bonds is 3. The van der Waals surface area contributed by atoms with Gasteiger partial charge in [0.15, 0.2) is 0 Å². The Morgan fingerprint density at radius 3 is 2.59 bits per heavy atom. The number of anilines is 1. The van der Waals surface area contributed by atoms with Crippen LogP contribution in [-0.4, -0.2) is 42.1 Å². The van der Waals surface area contributed by atoms with Crippen LogP contribution in [0.2, 0.25) is 5.02 Å². The molecule has 0 spiro atoms. The van der Waals surface area contributed by atoms with Crippen LogP contribution < -0.4 is 4.90 Å². The molecule has 2 aromatic rings. The van der Waals surface area contributed by atoms with E-state index in [1.807, 2.05) is 17.0 Å². The summed E-state index contributed by atoms with van der Waals surface area (Å²) in [6, 6.07) is 10.9. The highest BCUT2D eigenvalue weighted by Crippen LogP contribution is 2.45. The number of aromatic hydroxyl groups is 1. The van der Waals surface area contributed by atoms with Crippen molar-refractivity contribution in [2.45, 2.75) is 63.8 Å². The highest BCUT2D eigenvalue weighted by atomic mass is 35.5. The summed E-state index contributed by atoms with van der Waals surface area (Å²) in [5, 5.41) is 10.8. The van der Waals surface area contributed by atoms with Crippen molar-refractivity contribution in [3.05, 3.63) is 57.6 Å². The number of nitrogens with zero attached hydrogens (tertiary/aromatic N) is 2. The van der Waals surface area contributed by atoms with Gasteiger partial charge < -0.3 is 14.9 Å². The zero-order valence-corrected chi connectivity index (χ0v) is 19.9. The summed E-state index contributed by atoms with van der Waals surface area (Å²) < 4.78 is 0. The van der Waals surface area contributed by atoms with Crippen molar-refractivity contribution in [1.82, 2.24) is 4.90 Å². The summed E-state index contributed by atoms with van der Waals surface area (Å²) in [6.45, 7) is 3.51. The van der Waals surface area contributed by atoms with Gasteiger partial charge in [-0.1, -0.05) is 30.5 Å². The maximum atomic E-state index is 12.5. The molecule has 1 fully saturated rings. The van der Waals surface area contributed by atoms with Gasteiger partial charge in [0.25, 0.3) is 0 Å². The lowest BCUT2D eigenvalue weighted by Gasteiger charge is -2.39. The monoisotopic (exact) mass is 452 g/mol. The Hall–Kier alpha value is -2.04. The summed E-state index contributed by atoms with van der Waals surface area (Å²) in [5.74, 6) is 1.12. The lowest BCUT2D eigenvalue weighted by Crippen LogP contribution is -2.40. The molecular weight excluding hydrogens is 420 g/mol. The number of fused-ring (bicyclic) bond motifs is 5. The fourth-order valence-electron chi connectivity index (χ4n) is 6.26. The van der Waals surface area contributed by atoms with E-state index in [0.29, 0.717) is 17.0 Å². The minimum atomic E-state index is 0.129. The van der Waals surface area contributed by atoms with Crippen LogP contribution in [0, 0.1) is 5.92 Å². The quantitative estimate of drug-likeness (QED) is 0.666. The predicted molar refractivity (Wildman–Crippen MR) is 130 cm³/mol. The number of halogens is 1. The van der Waals surface area contributed by atoms with E-state index < -0.39 is 0 Å². The van der Waals surface area contributed by atoms with Gasteiger partial charge in [0.05, 0.1) is 5.02 Å². The van der Waals surface area contributed by atoms with E-state index in [2.05, 4.69) is 30.1 Å². The van der Waals surface area contributed by atoms with Crippen LogP contribution in [0.5, 0.6) is 5.75 Å². The van der Waals surface area contributed by atoms with Crippen molar-refractivity contribution in [1.29, 1.82) is 0 Å². The zero-order chi connectivity index (χ0) is 22.4. The Bertz CT molecular complexity index is 1030. The maximum absolute atomic E-state index is 12.5. The molecule has 0 aromatic heterocycles. The second-order valence-electron chi connectivity index (χ2n) is 9.98. The number of likely N-dealkylation sites (N-methyl/N-ethyl adjacent to an activating group) is 1. The first-order chi connectivity index (χ1) is 15.4. The number of amides is 1. The van der Waals surface area contributed by atoms with Gasteiger partial charge >= 0.3 is 0 Å². The molecule has 5 heteroatoms. The minimum Gasteiger partial charge on any atom is -0.506 e. The smallest absolute Gasteiger partial charge is 0.223 e. The molecule has 3 aliphatic rings. The predicted octanol–water partition coefficient (Wildman–Crippen LogP) is 5.52. The number of hydrogen-bond donors (Lipinski definition) is 1. The van der Waals surface area contributed by atoms with Crippen LogP contribution >= 0.6 is 11.6 Å². The second-order valence-corrected chi connectivity index (χ2v) is 10.4. The third kappa shape index (κ3) is 3.92. The Morgan fingerprint density at radius 1 is 1.09 bits per heavy atom. The molecule has 0 bridgehead atoms. The van der Waals surface area contributed by atoms with E-state index in [-0.39, 0.29) is 17.6 Å². The van der Waals surface area contributed by atoms with Gasteiger partial charge in [0.2, 0.25) is 5.91 Å². The molecule has 1 N–H and O–H groups in total. The Balaban J connectivity index is 1.54. The fraction of sp³-hybridized carbons (Fsp3) is 0.519. The minimum absolute atomic E-state index is 0.129. The molecule has 4 nitrogen and oxygen atoms in total. The average Bonchev–Trinajstić information content (AvgIpc) is 3.25. The second kappa shape index (κ2) is 8.72. The van der Waals surface area contributed by atoms with Crippen LogP contribution in [0.25, 0.3) is 0 Å². The van der Waals surface area contributed by atoms with Gasteiger partial charge in [-0.05, 0) is 91.6 Å². The summed E-state index contributed by atoms with van der Waals surface area (Å²) >= 11 is 6.26. The molecule has 0 radical (unpaired) electrons. The van der Waals surface area contributed by atoms with Gasteiger partial charge in [-0.15, -0.1) is 0 Å². The lowest BCUT2D eigenvalue weighted by atomic mass is 9.74. The van der Waals surface area contributed by atoms with Crippen LogP contribution in [-0.2, 0) is 17.6 Å². The maximum Gasteiger partial charge on any atom is 0.223 e. The van der Waals surface area contributed by atoms with Gasteiger partial charge in [-0.2, -0.15) is 0 Å². The topological polar surface area (TPSA) is 43.8 Å². The normalized spacial score (nSPS) is 23.2. The molecule has 1 aliphatic heterocycles. The summed E-state index contributed by atoms with van der Waals surface area (Å²) in [7, 11) is 2.21. The fourth-order valence-corrected chi connectivity index (χ4v) is 6.45. The van der Waals surface area contributed by atoms with E-state index in [0.717, 1.165) is 38.0 Å². The SMILES string of the molecule is CC(=O)N(CC1CCCC1)c1ccc2c(c1)CC[C@H]1[C@H]2c2cc(O)c(Cl)cc2CCN1C. The lowest BCUT2D eigenvalue weighted by molar-refractivity contribution is -0.116. The Kier molecular flexibility index (Phi) is 5.94. The third-order valence-electron chi connectivity index (χ3n) is 8.01. The first kappa shape index (κ1) is 21.8. The van der Waals surface area contributed by atoms with Crippen LogP contribution in [0.1, 0.15) is 67.2 Å². The van der Waals surface area contributed by atoms with Crippen molar-refractivity contribution in [3.8, 4) is 5.75 Å². The molecule has 0 unspecified atom stereocenters. The number of hydrogen-bond acceptors (Lipinski definition) is 3. The summed E-state index contributed by atoms with van der Waals surface area (Å²) in [4.78, 5) is 17.0. The number of phenols is 1. The summed E-state index contributed by atoms with van der Waals surface area (Å²) in [5.41, 5.74) is 6.12. The van der Waals surface area contributed by atoms with E-state index in [1.165, 1.54) is 47.9 Å². The van der Waals surface area contributed by atoms with Crippen LogP contribution in [0.15, 0.2) is 30.3 Å². The highest BCUT2D eigenvalue weighted by molar-refractivity contribution is 6.32. The van der Waals surface area contributed by atoms with Crippen molar-refractivity contribution >= 4 is 23.2 Å². The van der Waals surface area contributed by atoms with E-state index in [1.54, 1.807) is 6.92 Å². The first-order valence-electron chi connectivity index (χ1n) is 12.0. The molecule has 32 heavy (non-hydrogen) atoms. The van der Waals surface area contributed by atoms with E-state index >= 15 is 0 Å². The Morgan fingerprint density at radius 2 is 1.84 bits per heavy atom. The van der Waals surface area contributed by atoms with Crippen molar-refractivity contribution in [2.75, 3.05) is 25.0 Å². The van der Waals surface area contributed by atoms with Gasteiger partial charge in [-0.25, -0.2) is 0 Å². The Labute approximate surface area is 196 Å². The number of phenolic OH excluding ortho intramolecular Hbond substituents is 1. The molecule has 2 aromatic carbocycles. The van der Waals surface area contributed by atoms with Crippen molar-refractivity contribution < 1.29 is 9.90 Å². The average molecular weight is 453 g/mol. The van der Waals surface area contributed by atoms with Crippen LogP contribution in [0.4, 0.5) is 5.69 Å².